The van der Waals surface area contributed by atoms with Crippen LogP contribution in [0.25, 0.3) is 0 Å². The van der Waals surface area contributed by atoms with Crippen molar-refractivity contribution < 1.29 is 19.0 Å². The van der Waals surface area contributed by atoms with Crippen LogP contribution < -0.4 is 10.5 Å². The summed E-state index contributed by atoms with van der Waals surface area (Å²) in [7, 11) is 0. The van der Waals surface area contributed by atoms with Crippen molar-refractivity contribution in [3.8, 4) is 11.5 Å². The third-order valence-corrected chi connectivity index (χ3v) is 3.30. The number of carboxylic acids is 1. The minimum absolute atomic E-state index is 0.0543. The van der Waals surface area contributed by atoms with Gasteiger partial charge in [0.05, 0.1) is 9.50 Å². The molecule has 2 aromatic rings. The van der Waals surface area contributed by atoms with E-state index in [4.69, 9.17) is 27.2 Å². The second kappa shape index (κ2) is 5.68. The fourth-order valence-corrected chi connectivity index (χ4v) is 2.24. The average Bonchev–Trinajstić information content (AvgIpc) is 2.34. The van der Waals surface area contributed by atoms with Crippen LogP contribution in [0.15, 0.2) is 34.8 Å². The average molecular weight is 361 g/mol. The molecule has 0 aromatic heterocycles. The van der Waals surface area contributed by atoms with Crippen LogP contribution in [0, 0.1) is 5.82 Å². The number of benzene rings is 2. The van der Waals surface area contributed by atoms with Gasteiger partial charge >= 0.3 is 5.97 Å². The number of carbonyl (C=O) groups is 1. The summed E-state index contributed by atoms with van der Waals surface area (Å²) in [5.74, 6) is -1.50. The Morgan fingerprint density at radius 1 is 1.35 bits per heavy atom. The van der Waals surface area contributed by atoms with Gasteiger partial charge in [-0.15, -0.1) is 0 Å². The Kier molecular flexibility index (Phi) is 4.15. The molecule has 0 amide bonds. The molecule has 0 aliphatic heterocycles. The standard InChI is InChI=1S/C13H8BrClFNO3/c14-9-3-6(16)1-2-11(9)20-12-8(13(18)19)4-7(17)5-10(12)15/h1-5H,17H2,(H,18,19). The Morgan fingerprint density at radius 3 is 2.65 bits per heavy atom. The minimum Gasteiger partial charge on any atom is -0.478 e. The van der Waals surface area contributed by atoms with Gasteiger partial charge in [0.25, 0.3) is 0 Å². The lowest BCUT2D eigenvalue weighted by Crippen LogP contribution is -2.02. The van der Waals surface area contributed by atoms with E-state index in [0.29, 0.717) is 4.47 Å². The SMILES string of the molecule is Nc1cc(Cl)c(Oc2ccc(F)cc2Br)c(C(=O)O)c1. The molecule has 4 nitrogen and oxygen atoms in total. The van der Waals surface area contributed by atoms with Crippen molar-refractivity contribution in [3.05, 3.63) is 51.2 Å². The summed E-state index contributed by atoms with van der Waals surface area (Å²) in [4.78, 5) is 11.2. The molecule has 2 aromatic carbocycles. The Hall–Kier alpha value is -1.79. The van der Waals surface area contributed by atoms with Gasteiger partial charge in [-0.2, -0.15) is 0 Å². The number of carboxylic acid groups (broad SMARTS) is 1. The maximum atomic E-state index is 13.0. The van der Waals surface area contributed by atoms with E-state index in [1.807, 2.05) is 0 Å². The van der Waals surface area contributed by atoms with Gasteiger partial charge in [-0.25, -0.2) is 9.18 Å². The molecule has 3 N–H and O–H groups in total. The topological polar surface area (TPSA) is 72.5 Å². The van der Waals surface area contributed by atoms with Crippen LogP contribution in [0.5, 0.6) is 11.5 Å². The summed E-state index contributed by atoms with van der Waals surface area (Å²) >= 11 is 9.08. The summed E-state index contributed by atoms with van der Waals surface area (Å²) in [5.41, 5.74) is 5.58. The molecule has 0 fully saturated rings. The Labute approximate surface area is 127 Å². The third kappa shape index (κ3) is 3.02. The Balaban J connectivity index is 2.50. The summed E-state index contributed by atoms with van der Waals surface area (Å²) in [6, 6.07) is 6.35. The highest BCUT2D eigenvalue weighted by atomic mass is 79.9. The van der Waals surface area contributed by atoms with E-state index in [9.17, 15) is 9.18 Å². The van der Waals surface area contributed by atoms with Crippen LogP contribution in [0.3, 0.4) is 0 Å². The number of nitrogen functional groups attached to an aromatic ring is 1. The quantitative estimate of drug-likeness (QED) is 0.800. The highest BCUT2D eigenvalue weighted by Crippen LogP contribution is 2.37. The number of aromatic carboxylic acids is 1. The molecule has 7 heteroatoms. The van der Waals surface area contributed by atoms with Gasteiger partial charge in [-0.05, 0) is 46.3 Å². The Morgan fingerprint density at radius 2 is 2.05 bits per heavy atom. The maximum absolute atomic E-state index is 13.0. The van der Waals surface area contributed by atoms with Crippen LogP contribution in [0.1, 0.15) is 10.4 Å². The molecule has 20 heavy (non-hydrogen) atoms. The number of nitrogens with two attached hydrogens (primary N) is 1. The molecule has 0 saturated heterocycles. The third-order valence-electron chi connectivity index (χ3n) is 2.40. The molecule has 0 bridgehead atoms. The van der Waals surface area contributed by atoms with E-state index in [1.165, 1.54) is 30.3 Å². The number of hydrogen-bond donors (Lipinski definition) is 2. The molecule has 104 valence electrons. The van der Waals surface area contributed by atoms with Crippen molar-refractivity contribution in [2.45, 2.75) is 0 Å². The molecule has 0 aliphatic rings. The molecule has 0 heterocycles. The lowest BCUT2D eigenvalue weighted by Gasteiger charge is -2.12. The summed E-state index contributed by atoms with van der Waals surface area (Å²) in [6.07, 6.45) is 0. The molecule has 0 aliphatic carbocycles. The largest absolute Gasteiger partial charge is 0.478 e. The lowest BCUT2D eigenvalue weighted by atomic mass is 10.2. The normalized spacial score (nSPS) is 10.3. The van der Waals surface area contributed by atoms with Gasteiger partial charge in [-0.1, -0.05) is 11.6 Å². The Bertz CT molecular complexity index is 694. The number of ether oxygens (including phenoxy) is 1. The first-order chi connectivity index (χ1) is 9.38. The number of rotatable bonds is 3. The second-order valence-corrected chi connectivity index (χ2v) is 5.12. The van der Waals surface area contributed by atoms with E-state index >= 15 is 0 Å². The molecule has 2 rings (SSSR count). The van der Waals surface area contributed by atoms with Crippen LogP contribution in [-0.4, -0.2) is 11.1 Å². The van der Waals surface area contributed by atoms with Gasteiger partial charge in [0.2, 0.25) is 0 Å². The van der Waals surface area contributed by atoms with E-state index in [2.05, 4.69) is 15.9 Å². The predicted molar refractivity (Wildman–Crippen MR) is 77.0 cm³/mol. The first-order valence-corrected chi connectivity index (χ1v) is 6.51. The lowest BCUT2D eigenvalue weighted by molar-refractivity contribution is 0.0694. The zero-order valence-electron chi connectivity index (χ0n) is 9.86. The number of anilines is 1. The minimum atomic E-state index is -1.23. The predicted octanol–water partition coefficient (Wildman–Crippen LogP) is 4.31. The zero-order chi connectivity index (χ0) is 14.9. The van der Waals surface area contributed by atoms with Crippen molar-refractivity contribution in [1.82, 2.24) is 0 Å². The van der Waals surface area contributed by atoms with E-state index in [1.54, 1.807) is 0 Å². The van der Waals surface area contributed by atoms with Crippen LogP contribution in [-0.2, 0) is 0 Å². The molecular formula is C13H8BrClFNO3. The van der Waals surface area contributed by atoms with Crippen LogP contribution in [0.2, 0.25) is 5.02 Å². The van der Waals surface area contributed by atoms with Crippen LogP contribution >= 0.6 is 27.5 Å². The maximum Gasteiger partial charge on any atom is 0.339 e. The van der Waals surface area contributed by atoms with Gasteiger partial charge in [0, 0.05) is 5.69 Å². The zero-order valence-corrected chi connectivity index (χ0v) is 12.2. The van der Waals surface area contributed by atoms with Crippen molar-refractivity contribution >= 4 is 39.2 Å². The van der Waals surface area contributed by atoms with Gasteiger partial charge < -0.3 is 15.6 Å². The first kappa shape index (κ1) is 14.6. The molecule has 0 unspecified atom stereocenters. The number of hydrogen-bond acceptors (Lipinski definition) is 3. The van der Waals surface area contributed by atoms with E-state index in [0.717, 1.165) is 0 Å². The molecule has 0 atom stereocenters. The van der Waals surface area contributed by atoms with E-state index < -0.39 is 11.8 Å². The molecule has 0 spiro atoms. The first-order valence-electron chi connectivity index (χ1n) is 5.33. The summed E-state index contributed by atoms with van der Waals surface area (Å²) in [6.45, 7) is 0. The highest BCUT2D eigenvalue weighted by Gasteiger charge is 2.18. The van der Waals surface area contributed by atoms with Crippen LogP contribution in [0.4, 0.5) is 10.1 Å². The van der Waals surface area contributed by atoms with Crippen molar-refractivity contribution in [2.75, 3.05) is 5.73 Å². The van der Waals surface area contributed by atoms with Crippen molar-refractivity contribution in [1.29, 1.82) is 0 Å². The fourth-order valence-electron chi connectivity index (χ4n) is 1.54. The van der Waals surface area contributed by atoms with Crippen molar-refractivity contribution in [2.24, 2.45) is 0 Å². The fraction of sp³-hybridized carbons (Fsp3) is 0. The smallest absolute Gasteiger partial charge is 0.339 e. The number of halogens is 3. The summed E-state index contributed by atoms with van der Waals surface area (Å²) in [5, 5.41) is 9.19. The molecule has 0 radical (unpaired) electrons. The van der Waals surface area contributed by atoms with Gasteiger partial charge in [0.1, 0.15) is 17.1 Å². The van der Waals surface area contributed by atoms with Gasteiger partial charge in [0.15, 0.2) is 5.75 Å². The van der Waals surface area contributed by atoms with E-state index in [-0.39, 0.29) is 27.8 Å². The van der Waals surface area contributed by atoms with Crippen molar-refractivity contribution in [3.63, 3.8) is 0 Å². The van der Waals surface area contributed by atoms with Gasteiger partial charge in [-0.3, -0.25) is 0 Å². The summed E-state index contributed by atoms with van der Waals surface area (Å²) < 4.78 is 18.8. The highest BCUT2D eigenvalue weighted by molar-refractivity contribution is 9.10. The monoisotopic (exact) mass is 359 g/mol. The molecular weight excluding hydrogens is 353 g/mol. The molecule has 0 saturated carbocycles. The second-order valence-electron chi connectivity index (χ2n) is 3.86.